The Labute approximate surface area is 118 Å². The second kappa shape index (κ2) is 8.49. The predicted molar refractivity (Wildman–Crippen MR) is 75.0 cm³/mol. The van der Waals surface area contributed by atoms with Crippen LogP contribution in [-0.4, -0.2) is 48.2 Å². The van der Waals surface area contributed by atoms with E-state index in [4.69, 9.17) is 9.47 Å². The molecule has 0 aromatic carbocycles. The van der Waals surface area contributed by atoms with Crippen molar-refractivity contribution in [1.29, 1.82) is 0 Å². The van der Waals surface area contributed by atoms with E-state index in [0.29, 0.717) is 44.3 Å². The van der Waals surface area contributed by atoms with Crippen molar-refractivity contribution >= 4 is 11.5 Å². The van der Waals surface area contributed by atoms with Crippen molar-refractivity contribution in [2.24, 2.45) is 7.05 Å². The summed E-state index contributed by atoms with van der Waals surface area (Å²) in [5.74, 6) is 0.425. The third-order valence-electron chi connectivity index (χ3n) is 2.73. The van der Waals surface area contributed by atoms with Crippen molar-refractivity contribution in [1.82, 2.24) is 9.78 Å². The standard InChI is InChI=1S/C12H22N4O4/c1-4-5-10-11(16(17)18)12(15(2)14-10)13-6-7-20-9-8-19-3/h13H,4-9H2,1-3H3. The molecule has 0 amide bonds. The van der Waals surface area contributed by atoms with Gasteiger partial charge in [0, 0.05) is 20.7 Å². The second-order valence-corrected chi connectivity index (χ2v) is 4.31. The number of hydrogen-bond acceptors (Lipinski definition) is 6. The van der Waals surface area contributed by atoms with Crippen LogP contribution in [0, 0.1) is 10.1 Å². The van der Waals surface area contributed by atoms with Gasteiger partial charge in [-0.25, -0.2) is 4.68 Å². The Hall–Kier alpha value is -1.67. The average Bonchev–Trinajstić information content (AvgIpc) is 2.70. The van der Waals surface area contributed by atoms with Gasteiger partial charge in [-0.3, -0.25) is 10.1 Å². The molecule has 0 aliphatic rings. The number of methoxy groups -OCH3 is 1. The van der Waals surface area contributed by atoms with Crippen molar-refractivity contribution in [2.45, 2.75) is 19.8 Å². The number of hydrogen-bond donors (Lipinski definition) is 1. The number of nitro groups is 1. The van der Waals surface area contributed by atoms with E-state index in [0.717, 1.165) is 6.42 Å². The molecule has 0 saturated carbocycles. The zero-order valence-corrected chi connectivity index (χ0v) is 12.2. The average molecular weight is 286 g/mol. The molecule has 0 aliphatic carbocycles. The highest BCUT2D eigenvalue weighted by atomic mass is 16.6. The van der Waals surface area contributed by atoms with Crippen LogP contribution in [0.15, 0.2) is 0 Å². The van der Waals surface area contributed by atoms with Gasteiger partial charge in [0.25, 0.3) is 0 Å². The third-order valence-corrected chi connectivity index (χ3v) is 2.73. The van der Waals surface area contributed by atoms with Gasteiger partial charge in [-0.2, -0.15) is 5.10 Å². The SMILES string of the molecule is CCCc1nn(C)c(NCCOCCOC)c1[N+](=O)[O-]. The smallest absolute Gasteiger partial charge is 0.333 e. The number of nitrogens with zero attached hydrogens (tertiary/aromatic N) is 3. The fraction of sp³-hybridized carbons (Fsp3) is 0.750. The number of ether oxygens (including phenoxy) is 2. The molecule has 0 spiro atoms. The molecule has 0 atom stereocenters. The van der Waals surface area contributed by atoms with Gasteiger partial charge in [0.05, 0.1) is 24.7 Å². The van der Waals surface area contributed by atoms with E-state index in [1.54, 1.807) is 14.2 Å². The summed E-state index contributed by atoms with van der Waals surface area (Å²) in [6.45, 7) is 3.94. The molecule has 0 bridgehead atoms. The number of rotatable bonds is 10. The number of nitrogens with one attached hydrogen (secondary N) is 1. The Morgan fingerprint density at radius 2 is 2.15 bits per heavy atom. The van der Waals surface area contributed by atoms with E-state index >= 15 is 0 Å². The lowest BCUT2D eigenvalue weighted by molar-refractivity contribution is -0.384. The second-order valence-electron chi connectivity index (χ2n) is 4.31. The molecule has 1 rings (SSSR count). The summed E-state index contributed by atoms with van der Waals surface area (Å²) in [4.78, 5) is 10.8. The van der Waals surface area contributed by atoms with E-state index in [9.17, 15) is 10.1 Å². The summed E-state index contributed by atoms with van der Waals surface area (Å²) in [5.41, 5.74) is 0.578. The fourth-order valence-electron chi connectivity index (χ4n) is 1.85. The first kappa shape index (κ1) is 16.4. The molecule has 0 aliphatic heterocycles. The molecule has 0 fully saturated rings. The normalized spacial score (nSPS) is 10.8. The topological polar surface area (TPSA) is 91.5 Å². The summed E-state index contributed by atoms with van der Waals surface area (Å²) in [6.07, 6.45) is 1.41. The summed E-state index contributed by atoms with van der Waals surface area (Å²) in [5, 5.41) is 18.4. The summed E-state index contributed by atoms with van der Waals surface area (Å²) in [7, 11) is 3.30. The highest BCUT2D eigenvalue weighted by molar-refractivity contribution is 5.59. The molecule has 20 heavy (non-hydrogen) atoms. The third kappa shape index (κ3) is 4.46. The van der Waals surface area contributed by atoms with E-state index in [1.165, 1.54) is 4.68 Å². The van der Waals surface area contributed by atoms with Gasteiger partial charge < -0.3 is 14.8 Å². The molecule has 0 saturated heterocycles. The summed E-state index contributed by atoms with van der Waals surface area (Å²) < 4.78 is 11.7. The first-order chi connectivity index (χ1) is 9.61. The fourth-order valence-corrected chi connectivity index (χ4v) is 1.85. The van der Waals surface area contributed by atoms with Crippen LogP contribution >= 0.6 is 0 Å². The van der Waals surface area contributed by atoms with Crippen LogP contribution in [0.3, 0.4) is 0 Å². The minimum Gasteiger partial charge on any atom is -0.382 e. The quantitative estimate of drug-likeness (QED) is 0.396. The lowest BCUT2D eigenvalue weighted by Gasteiger charge is -2.06. The largest absolute Gasteiger partial charge is 0.382 e. The van der Waals surface area contributed by atoms with Gasteiger partial charge in [0.2, 0.25) is 5.82 Å². The van der Waals surface area contributed by atoms with Crippen LogP contribution in [0.1, 0.15) is 19.0 Å². The first-order valence-corrected chi connectivity index (χ1v) is 6.62. The van der Waals surface area contributed by atoms with Crippen LogP contribution in [0.5, 0.6) is 0 Å². The predicted octanol–water partition coefficient (Wildman–Crippen LogP) is 1.36. The maximum atomic E-state index is 11.2. The Bertz CT molecular complexity index is 433. The van der Waals surface area contributed by atoms with Crippen molar-refractivity contribution in [3.8, 4) is 0 Å². The van der Waals surface area contributed by atoms with Crippen molar-refractivity contribution in [3.63, 3.8) is 0 Å². The highest BCUT2D eigenvalue weighted by Gasteiger charge is 2.25. The van der Waals surface area contributed by atoms with E-state index < -0.39 is 0 Å². The van der Waals surface area contributed by atoms with Gasteiger partial charge in [-0.15, -0.1) is 0 Å². The Morgan fingerprint density at radius 3 is 2.75 bits per heavy atom. The van der Waals surface area contributed by atoms with Crippen LogP contribution in [0.2, 0.25) is 0 Å². The first-order valence-electron chi connectivity index (χ1n) is 6.62. The minimum absolute atomic E-state index is 0.0613. The van der Waals surface area contributed by atoms with Crippen LogP contribution in [-0.2, 0) is 22.9 Å². The molecule has 1 aromatic heterocycles. The van der Waals surface area contributed by atoms with Gasteiger partial charge in [0.1, 0.15) is 5.69 Å². The Morgan fingerprint density at radius 1 is 1.40 bits per heavy atom. The highest BCUT2D eigenvalue weighted by Crippen LogP contribution is 2.28. The molecule has 1 heterocycles. The maximum absolute atomic E-state index is 11.2. The molecule has 114 valence electrons. The number of aryl methyl sites for hydroxylation is 2. The number of aromatic nitrogens is 2. The zero-order chi connectivity index (χ0) is 15.0. The lowest BCUT2D eigenvalue weighted by Crippen LogP contribution is -2.14. The van der Waals surface area contributed by atoms with E-state index in [2.05, 4.69) is 10.4 Å². The Balaban J connectivity index is 2.62. The monoisotopic (exact) mass is 286 g/mol. The van der Waals surface area contributed by atoms with Crippen molar-refractivity contribution in [2.75, 3.05) is 38.8 Å². The molecular weight excluding hydrogens is 264 g/mol. The molecular formula is C12H22N4O4. The molecule has 0 radical (unpaired) electrons. The zero-order valence-electron chi connectivity index (χ0n) is 12.2. The molecule has 8 nitrogen and oxygen atoms in total. The van der Waals surface area contributed by atoms with Crippen molar-refractivity contribution < 1.29 is 14.4 Å². The van der Waals surface area contributed by atoms with Gasteiger partial charge >= 0.3 is 5.69 Å². The van der Waals surface area contributed by atoms with E-state index in [1.807, 2.05) is 6.92 Å². The van der Waals surface area contributed by atoms with Gasteiger partial charge in [-0.05, 0) is 6.42 Å². The molecule has 8 heteroatoms. The van der Waals surface area contributed by atoms with Gasteiger partial charge in [-0.1, -0.05) is 13.3 Å². The lowest BCUT2D eigenvalue weighted by atomic mass is 10.2. The Kier molecular flexibility index (Phi) is 6.96. The van der Waals surface area contributed by atoms with Crippen molar-refractivity contribution in [3.05, 3.63) is 15.8 Å². The molecule has 1 N–H and O–H groups in total. The van der Waals surface area contributed by atoms with Crippen LogP contribution in [0.4, 0.5) is 11.5 Å². The molecule has 1 aromatic rings. The van der Waals surface area contributed by atoms with Gasteiger partial charge in [0.15, 0.2) is 0 Å². The molecule has 0 unspecified atom stereocenters. The minimum atomic E-state index is -0.383. The number of anilines is 1. The summed E-state index contributed by atoms with van der Waals surface area (Å²) >= 11 is 0. The summed E-state index contributed by atoms with van der Waals surface area (Å²) in [6, 6.07) is 0. The van der Waals surface area contributed by atoms with E-state index in [-0.39, 0.29) is 10.6 Å². The maximum Gasteiger partial charge on any atom is 0.333 e. The van der Waals surface area contributed by atoms with Crippen LogP contribution in [0.25, 0.3) is 0 Å². The van der Waals surface area contributed by atoms with Crippen LogP contribution < -0.4 is 5.32 Å².